The van der Waals surface area contributed by atoms with Crippen LogP contribution in [0.25, 0.3) is 0 Å². The molecule has 1 unspecified atom stereocenters. The van der Waals surface area contributed by atoms with Gasteiger partial charge in [-0.15, -0.1) is 11.3 Å². The fraction of sp³-hybridized carbons (Fsp3) is 0.412. The maximum atomic E-state index is 14.0. The lowest BCUT2D eigenvalue weighted by molar-refractivity contribution is 0.431. The van der Waals surface area contributed by atoms with Crippen LogP contribution in [-0.2, 0) is 5.41 Å². The summed E-state index contributed by atoms with van der Waals surface area (Å²) < 4.78 is 27.6. The van der Waals surface area contributed by atoms with Crippen LogP contribution >= 0.6 is 11.3 Å². The summed E-state index contributed by atoms with van der Waals surface area (Å²) in [7, 11) is 0. The van der Waals surface area contributed by atoms with Gasteiger partial charge in [-0.2, -0.15) is 0 Å². The van der Waals surface area contributed by atoms with E-state index in [-0.39, 0.29) is 23.1 Å². The SMILES string of the molecule is Cc1cc(F)c(C(C)NCC(C)(C)c2cccs2)cc1F. The summed E-state index contributed by atoms with van der Waals surface area (Å²) >= 11 is 1.71. The summed E-state index contributed by atoms with van der Waals surface area (Å²) in [4.78, 5) is 1.28. The Morgan fingerprint density at radius 2 is 1.95 bits per heavy atom. The Balaban J connectivity index is 2.09. The molecule has 0 bridgehead atoms. The Bertz CT molecular complexity index is 606. The van der Waals surface area contributed by atoms with Gasteiger partial charge in [0.05, 0.1) is 0 Å². The summed E-state index contributed by atoms with van der Waals surface area (Å²) in [6.07, 6.45) is 0. The molecule has 2 aromatic rings. The molecular formula is C17H21F2NS. The van der Waals surface area contributed by atoms with Gasteiger partial charge in [0.25, 0.3) is 0 Å². The Labute approximate surface area is 129 Å². The lowest BCUT2D eigenvalue weighted by Gasteiger charge is -2.26. The van der Waals surface area contributed by atoms with Crippen LogP contribution in [0.5, 0.6) is 0 Å². The van der Waals surface area contributed by atoms with Crippen LogP contribution in [0.4, 0.5) is 8.78 Å². The second-order valence-corrected chi connectivity index (χ2v) is 7.03. The minimum absolute atomic E-state index is 0.0395. The summed E-state index contributed by atoms with van der Waals surface area (Å²) in [5, 5.41) is 5.37. The summed E-state index contributed by atoms with van der Waals surface area (Å²) in [6, 6.07) is 6.44. The Morgan fingerprint density at radius 1 is 1.24 bits per heavy atom. The van der Waals surface area contributed by atoms with E-state index in [4.69, 9.17) is 0 Å². The predicted molar refractivity (Wildman–Crippen MR) is 84.9 cm³/mol. The highest BCUT2D eigenvalue weighted by Crippen LogP contribution is 2.28. The third-order valence-electron chi connectivity index (χ3n) is 3.78. The summed E-state index contributed by atoms with van der Waals surface area (Å²) in [5.74, 6) is -0.722. The third-order valence-corrected chi connectivity index (χ3v) is 5.02. The van der Waals surface area contributed by atoms with Crippen LogP contribution < -0.4 is 5.32 Å². The first kappa shape index (κ1) is 16.1. The zero-order valence-corrected chi connectivity index (χ0v) is 13.7. The van der Waals surface area contributed by atoms with Crippen molar-refractivity contribution in [1.29, 1.82) is 0 Å². The standard InChI is InChI=1S/C17H21F2NS/c1-11-8-15(19)13(9-14(11)18)12(2)20-10-17(3,4)16-6-5-7-21-16/h5-9,12,20H,10H2,1-4H3. The first-order valence-electron chi connectivity index (χ1n) is 7.04. The monoisotopic (exact) mass is 309 g/mol. The van der Waals surface area contributed by atoms with E-state index >= 15 is 0 Å². The van der Waals surface area contributed by atoms with Crippen molar-refractivity contribution in [1.82, 2.24) is 5.32 Å². The van der Waals surface area contributed by atoms with E-state index < -0.39 is 0 Å². The first-order valence-corrected chi connectivity index (χ1v) is 7.92. The van der Waals surface area contributed by atoms with Crippen molar-refractivity contribution in [3.63, 3.8) is 0 Å². The number of nitrogens with one attached hydrogen (secondary N) is 1. The molecule has 2 rings (SSSR count). The molecule has 21 heavy (non-hydrogen) atoms. The molecule has 0 radical (unpaired) electrons. The van der Waals surface area contributed by atoms with Gasteiger partial charge in [-0.05, 0) is 43.0 Å². The molecule has 4 heteroatoms. The highest BCUT2D eigenvalue weighted by molar-refractivity contribution is 7.10. The number of rotatable bonds is 5. The number of halogens is 2. The average molecular weight is 309 g/mol. The van der Waals surface area contributed by atoms with Gasteiger partial charge in [-0.25, -0.2) is 8.78 Å². The molecule has 1 aromatic heterocycles. The fourth-order valence-corrected chi connectivity index (χ4v) is 3.11. The lowest BCUT2D eigenvalue weighted by Crippen LogP contribution is -2.34. The van der Waals surface area contributed by atoms with Crippen molar-refractivity contribution in [3.8, 4) is 0 Å². The molecule has 0 fully saturated rings. The molecule has 1 atom stereocenters. The third kappa shape index (κ3) is 3.69. The van der Waals surface area contributed by atoms with Crippen LogP contribution in [0.3, 0.4) is 0 Å². The highest BCUT2D eigenvalue weighted by Gasteiger charge is 2.23. The van der Waals surface area contributed by atoms with E-state index in [0.717, 1.165) is 0 Å². The van der Waals surface area contributed by atoms with Gasteiger partial charge >= 0.3 is 0 Å². The molecule has 0 saturated carbocycles. The minimum Gasteiger partial charge on any atom is -0.309 e. The normalized spacial score (nSPS) is 13.4. The van der Waals surface area contributed by atoms with Crippen molar-refractivity contribution in [2.75, 3.05) is 6.54 Å². The molecule has 1 heterocycles. The van der Waals surface area contributed by atoms with E-state index in [1.54, 1.807) is 18.3 Å². The van der Waals surface area contributed by atoms with Crippen LogP contribution in [0.15, 0.2) is 29.6 Å². The van der Waals surface area contributed by atoms with Gasteiger partial charge in [0.15, 0.2) is 0 Å². The molecule has 0 aliphatic rings. The van der Waals surface area contributed by atoms with Gasteiger partial charge in [0.2, 0.25) is 0 Å². The number of hydrogen-bond acceptors (Lipinski definition) is 2. The molecule has 0 saturated heterocycles. The molecule has 0 amide bonds. The predicted octanol–water partition coefficient (Wildman–Crippen LogP) is 4.96. The number of thiophene rings is 1. The van der Waals surface area contributed by atoms with Crippen molar-refractivity contribution >= 4 is 11.3 Å². The molecule has 1 N–H and O–H groups in total. The van der Waals surface area contributed by atoms with Crippen LogP contribution in [-0.4, -0.2) is 6.54 Å². The van der Waals surface area contributed by atoms with Crippen molar-refractivity contribution in [2.45, 2.75) is 39.2 Å². The second kappa shape index (κ2) is 6.24. The molecular weight excluding hydrogens is 288 g/mol. The average Bonchev–Trinajstić information content (AvgIpc) is 2.95. The Kier molecular flexibility index (Phi) is 4.79. The lowest BCUT2D eigenvalue weighted by atomic mass is 9.91. The zero-order valence-electron chi connectivity index (χ0n) is 12.8. The van der Waals surface area contributed by atoms with E-state index in [2.05, 4.69) is 30.6 Å². The van der Waals surface area contributed by atoms with Crippen molar-refractivity contribution in [2.24, 2.45) is 0 Å². The molecule has 1 nitrogen and oxygen atoms in total. The zero-order chi connectivity index (χ0) is 15.6. The van der Waals surface area contributed by atoms with Gasteiger partial charge in [0.1, 0.15) is 11.6 Å². The molecule has 1 aromatic carbocycles. The molecule has 114 valence electrons. The minimum atomic E-state index is -0.363. The van der Waals surface area contributed by atoms with Crippen molar-refractivity contribution in [3.05, 3.63) is 57.3 Å². The Morgan fingerprint density at radius 3 is 2.57 bits per heavy atom. The number of benzene rings is 1. The maximum Gasteiger partial charge on any atom is 0.128 e. The van der Waals surface area contributed by atoms with Gasteiger partial charge in [-0.1, -0.05) is 19.9 Å². The Hall–Kier alpha value is -1.26. The van der Waals surface area contributed by atoms with Crippen LogP contribution in [0, 0.1) is 18.6 Å². The van der Waals surface area contributed by atoms with E-state index in [1.807, 2.05) is 13.0 Å². The van der Waals surface area contributed by atoms with E-state index in [1.165, 1.54) is 17.0 Å². The quantitative estimate of drug-likeness (QED) is 0.823. The van der Waals surface area contributed by atoms with E-state index in [9.17, 15) is 8.78 Å². The van der Waals surface area contributed by atoms with Crippen molar-refractivity contribution < 1.29 is 8.78 Å². The summed E-state index contributed by atoms with van der Waals surface area (Å²) in [6.45, 7) is 8.41. The molecule has 0 aliphatic heterocycles. The van der Waals surface area contributed by atoms with E-state index in [0.29, 0.717) is 17.7 Å². The maximum absolute atomic E-state index is 14.0. The number of hydrogen-bond donors (Lipinski definition) is 1. The smallest absolute Gasteiger partial charge is 0.128 e. The topological polar surface area (TPSA) is 12.0 Å². The summed E-state index contributed by atoms with van der Waals surface area (Å²) in [5.41, 5.74) is 0.671. The van der Waals surface area contributed by atoms with Gasteiger partial charge in [-0.3, -0.25) is 0 Å². The van der Waals surface area contributed by atoms with Gasteiger partial charge < -0.3 is 5.32 Å². The first-order chi connectivity index (χ1) is 9.81. The van der Waals surface area contributed by atoms with Gasteiger partial charge in [0, 0.05) is 28.4 Å². The number of aryl methyl sites for hydroxylation is 1. The second-order valence-electron chi connectivity index (χ2n) is 6.09. The van der Waals surface area contributed by atoms with Crippen LogP contribution in [0.2, 0.25) is 0 Å². The van der Waals surface area contributed by atoms with Crippen LogP contribution in [0.1, 0.15) is 42.8 Å². The molecule has 0 aliphatic carbocycles. The largest absolute Gasteiger partial charge is 0.309 e. The highest BCUT2D eigenvalue weighted by atomic mass is 32.1. The molecule has 0 spiro atoms. The fourth-order valence-electron chi connectivity index (χ4n) is 2.26.